The summed E-state index contributed by atoms with van der Waals surface area (Å²) < 4.78 is 20.2. The summed E-state index contributed by atoms with van der Waals surface area (Å²) in [5.41, 5.74) is 0.783. The summed E-state index contributed by atoms with van der Waals surface area (Å²) in [6, 6.07) is 13.0. The average Bonchev–Trinajstić information content (AvgIpc) is 3.58. The van der Waals surface area contributed by atoms with Gasteiger partial charge in [-0.1, -0.05) is 18.2 Å². The highest BCUT2D eigenvalue weighted by molar-refractivity contribution is 7.09. The molecule has 2 aromatic carbocycles. The zero-order chi connectivity index (χ0) is 28.6. The average molecular weight is 569 g/mol. The van der Waals surface area contributed by atoms with Crippen molar-refractivity contribution in [3.63, 3.8) is 0 Å². The molecule has 40 heavy (non-hydrogen) atoms. The highest BCUT2D eigenvalue weighted by Gasteiger charge is 2.37. The van der Waals surface area contributed by atoms with Crippen LogP contribution in [0.1, 0.15) is 36.2 Å². The van der Waals surface area contributed by atoms with Crippen LogP contribution in [0.3, 0.4) is 0 Å². The van der Waals surface area contributed by atoms with E-state index in [-0.39, 0.29) is 30.8 Å². The largest absolute Gasteiger partial charge is 0.494 e. The first-order valence-corrected chi connectivity index (χ1v) is 13.5. The third-order valence-electron chi connectivity index (χ3n) is 6.28. The molecule has 1 aliphatic rings. The molecule has 1 saturated heterocycles. The second kappa shape index (κ2) is 13.1. The van der Waals surface area contributed by atoms with Crippen molar-refractivity contribution in [2.45, 2.75) is 32.4 Å². The molecule has 0 radical (unpaired) electrons. The van der Waals surface area contributed by atoms with Crippen LogP contribution in [0.15, 0.2) is 60.0 Å². The van der Waals surface area contributed by atoms with Gasteiger partial charge in [0.1, 0.15) is 11.6 Å². The fourth-order valence-electron chi connectivity index (χ4n) is 4.35. The molecule has 0 bridgehead atoms. The number of carboxylic acids is 1. The highest BCUT2D eigenvalue weighted by Crippen LogP contribution is 2.31. The summed E-state index contributed by atoms with van der Waals surface area (Å²) in [4.78, 5) is 51.8. The fraction of sp³-hybridized carbons (Fsp3) is 0.286. The minimum atomic E-state index is -1.10. The monoisotopic (exact) mass is 568 g/mol. The smallest absolute Gasteiger partial charge is 0.319 e. The van der Waals surface area contributed by atoms with Crippen LogP contribution in [0, 0.1) is 11.7 Å². The molecule has 0 saturated carbocycles. The molecular weight excluding hydrogens is 539 g/mol. The van der Waals surface area contributed by atoms with Gasteiger partial charge in [-0.3, -0.25) is 14.4 Å². The lowest BCUT2D eigenvalue weighted by Crippen LogP contribution is -2.36. The van der Waals surface area contributed by atoms with Gasteiger partial charge in [-0.15, -0.1) is 11.3 Å². The Hall–Kier alpha value is -4.45. The molecule has 12 heteroatoms. The molecular formula is C28H29FN4O6S. The number of nitrogens with one attached hydrogen (secondary N) is 3. The van der Waals surface area contributed by atoms with E-state index in [0.717, 1.165) is 15.8 Å². The molecule has 4 amide bonds. The topological polar surface area (TPSA) is 137 Å². The molecule has 3 aromatic rings. The van der Waals surface area contributed by atoms with Crippen molar-refractivity contribution < 1.29 is 33.4 Å². The van der Waals surface area contributed by atoms with Gasteiger partial charge in [0.15, 0.2) is 0 Å². The quantitative estimate of drug-likeness (QED) is 0.272. The number of amides is 4. The van der Waals surface area contributed by atoms with Crippen LogP contribution in [0.25, 0.3) is 0 Å². The summed E-state index contributed by atoms with van der Waals surface area (Å²) in [6.45, 7) is 2.55. The minimum Gasteiger partial charge on any atom is -0.494 e. The number of thiophene rings is 1. The van der Waals surface area contributed by atoms with Gasteiger partial charge in [0.25, 0.3) is 0 Å². The maximum Gasteiger partial charge on any atom is 0.319 e. The Morgan fingerprint density at radius 2 is 1.95 bits per heavy atom. The first-order chi connectivity index (χ1) is 19.2. The van der Waals surface area contributed by atoms with Gasteiger partial charge in [0.05, 0.1) is 37.2 Å². The van der Waals surface area contributed by atoms with Crippen molar-refractivity contribution in [1.29, 1.82) is 0 Å². The zero-order valence-corrected chi connectivity index (χ0v) is 22.5. The number of aliphatic carboxylic acids is 1. The van der Waals surface area contributed by atoms with Gasteiger partial charge in [0, 0.05) is 23.5 Å². The molecule has 2 unspecified atom stereocenters. The number of benzene rings is 2. The van der Waals surface area contributed by atoms with Crippen LogP contribution in [-0.4, -0.2) is 42.1 Å². The molecule has 210 valence electrons. The van der Waals surface area contributed by atoms with Crippen LogP contribution >= 0.6 is 11.3 Å². The van der Waals surface area contributed by atoms with Crippen molar-refractivity contribution in [2.24, 2.45) is 5.92 Å². The van der Waals surface area contributed by atoms with Gasteiger partial charge in [0.2, 0.25) is 11.8 Å². The normalized spacial score (nSPS) is 15.4. The number of hydrogen-bond acceptors (Lipinski definition) is 6. The number of halogens is 1. The van der Waals surface area contributed by atoms with Crippen molar-refractivity contribution in [2.75, 3.05) is 23.4 Å². The van der Waals surface area contributed by atoms with Crippen LogP contribution in [0.4, 0.5) is 20.6 Å². The van der Waals surface area contributed by atoms with Gasteiger partial charge in [-0.25, -0.2) is 9.18 Å². The Bertz CT molecular complexity index is 1370. The molecule has 0 aliphatic carbocycles. The van der Waals surface area contributed by atoms with E-state index in [9.17, 15) is 28.7 Å². The highest BCUT2D eigenvalue weighted by atomic mass is 32.1. The lowest BCUT2D eigenvalue weighted by molar-refractivity contribution is -0.138. The molecule has 2 heterocycles. The van der Waals surface area contributed by atoms with E-state index < -0.39 is 41.6 Å². The number of urea groups is 1. The third kappa shape index (κ3) is 7.35. The molecule has 1 aliphatic heterocycles. The predicted octanol–water partition coefficient (Wildman–Crippen LogP) is 4.29. The van der Waals surface area contributed by atoms with Gasteiger partial charge in [-0.2, -0.15) is 0 Å². The number of ether oxygens (including phenoxy) is 1. The Morgan fingerprint density at radius 3 is 2.62 bits per heavy atom. The Balaban J connectivity index is 1.41. The van der Waals surface area contributed by atoms with E-state index in [4.69, 9.17) is 4.74 Å². The Labute approximate surface area is 234 Å². The van der Waals surface area contributed by atoms with Crippen LogP contribution in [0.2, 0.25) is 0 Å². The molecule has 1 aromatic heterocycles. The Morgan fingerprint density at radius 1 is 1.18 bits per heavy atom. The molecule has 0 spiro atoms. The maximum absolute atomic E-state index is 14.8. The van der Waals surface area contributed by atoms with Crippen LogP contribution in [0.5, 0.6) is 5.75 Å². The summed E-state index contributed by atoms with van der Waals surface area (Å²) in [5.74, 6) is -2.97. The van der Waals surface area contributed by atoms with Crippen LogP contribution < -0.4 is 25.6 Å². The van der Waals surface area contributed by atoms with E-state index in [1.165, 1.54) is 23.5 Å². The fourth-order valence-corrected chi connectivity index (χ4v) is 4.99. The van der Waals surface area contributed by atoms with E-state index in [0.29, 0.717) is 24.5 Å². The molecule has 4 N–H and O–H groups in total. The predicted molar refractivity (Wildman–Crippen MR) is 148 cm³/mol. The maximum atomic E-state index is 14.8. The molecule has 10 nitrogen and oxygen atoms in total. The van der Waals surface area contributed by atoms with E-state index in [1.54, 1.807) is 24.3 Å². The van der Waals surface area contributed by atoms with Crippen LogP contribution in [-0.2, 0) is 20.9 Å². The first kappa shape index (κ1) is 28.6. The van der Waals surface area contributed by atoms with E-state index in [1.807, 2.05) is 24.4 Å². The summed E-state index contributed by atoms with van der Waals surface area (Å²) in [5, 5.41) is 19.3. The second-order valence-corrected chi connectivity index (χ2v) is 10.2. The minimum absolute atomic E-state index is 0.0649. The SMILES string of the molecule is CCOc1ccc(C(CC(=O)O)NC(=O)C2CC(=O)N(c3cc(NC(=O)NCc4cccs4)ccc3F)C2)cc1. The lowest BCUT2D eigenvalue weighted by atomic mass is 10.0. The van der Waals surface area contributed by atoms with Crippen molar-refractivity contribution in [1.82, 2.24) is 10.6 Å². The number of rotatable bonds is 11. The number of nitrogens with zero attached hydrogens (tertiary/aromatic N) is 1. The lowest BCUT2D eigenvalue weighted by Gasteiger charge is -2.21. The number of carboxylic acid groups (broad SMARTS) is 1. The van der Waals surface area contributed by atoms with E-state index >= 15 is 0 Å². The van der Waals surface area contributed by atoms with Gasteiger partial charge < -0.3 is 30.7 Å². The zero-order valence-electron chi connectivity index (χ0n) is 21.7. The summed E-state index contributed by atoms with van der Waals surface area (Å²) >= 11 is 1.50. The standard InChI is InChI=1S/C28H29FN4O6S/c1-2-39-20-8-5-17(6-9-20)23(14-26(35)36)32-27(37)18-12-25(34)33(16-18)24-13-19(7-10-22(24)29)31-28(38)30-15-21-4-3-11-40-21/h3-11,13,18,23H,2,12,14-16H2,1H3,(H,32,37)(H,35,36)(H2,30,31,38). The Kier molecular flexibility index (Phi) is 9.33. The molecule has 1 fully saturated rings. The second-order valence-electron chi connectivity index (χ2n) is 9.12. The van der Waals surface area contributed by atoms with Crippen molar-refractivity contribution >= 4 is 46.5 Å². The van der Waals surface area contributed by atoms with Crippen molar-refractivity contribution in [3.05, 3.63) is 76.2 Å². The van der Waals surface area contributed by atoms with Gasteiger partial charge >= 0.3 is 12.0 Å². The third-order valence-corrected chi connectivity index (χ3v) is 7.16. The van der Waals surface area contributed by atoms with Crippen molar-refractivity contribution in [3.8, 4) is 5.75 Å². The first-order valence-electron chi connectivity index (χ1n) is 12.7. The number of carbonyl (C=O) groups is 4. The number of anilines is 2. The van der Waals surface area contributed by atoms with E-state index in [2.05, 4.69) is 16.0 Å². The number of carbonyl (C=O) groups excluding carboxylic acids is 3. The number of hydrogen-bond donors (Lipinski definition) is 4. The van der Waals surface area contributed by atoms with Gasteiger partial charge in [-0.05, 0) is 54.3 Å². The summed E-state index contributed by atoms with van der Waals surface area (Å²) in [7, 11) is 0. The molecule has 2 atom stereocenters. The molecule has 4 rings (SSSR count). The summed E-state index contributed by atoms with van der Waals surface area (Å²) in [6.07, 6.45) is -0.533.